The summed E-state index contributed by atoms with van der Waals surface area (Å²) in [4.78, 5) is 0. The first kappa shape index (κ1) is 18.6. The van der Waals surface area contributed by atoms with Crippen LogP contribution in [0.5, 0.6) is 11.5 Å². The Morgan fingerprint density at radius 2 is 1.62 bits per heavy atom. The van der Waals surface area contributed by atoms with Gasteiger partial charge in [0.1, 0.15) is 17.3 Å². The van der Waals surface area contributed by atoms with Gasteiger partial charge < -0.3 is 10.2 Å². The van der Waals surface area contributed by atoms with Gasteiger partial charge in [-0.25, -0.2) is 4.39 Å². The fourth-order valence-electron chi connectivity index (χ4n) is 3.13. The summed E-state index contributed by atoms with van der Waals surface area (Å²) in [5.41, 5.74) is 0.875. The molecule has 2 N–H and O–H groups in total. The molecule has 0 atom stereocenters. The van der Waals surface area contributed by atoms with Gasteiger partial charge in [0.15, 0.2) is 0 Å². The Kier molecular flexibility index (Phi) is 4.87. The summed E-state index contributed by atoms with van der Waals surface area (Å²) >= 11 is 6.26. The molecule has 0 unspecified atom stereocenters. The zero-order chi connectivity index (χ0) is 18.3. The lowest BCUT2D eigenvalue weighted by atomic mass is 9.78. The standard InChI is InChI=1S/C20H24ClFO2/c1-19(2,3)18-16(22)8-12(9-17(18)24)11-20(4,5)14-10-13(23)6-7-15(14)21/h6-10,23-24H,11H2,1-5H3. The minimum Gasteiger partial charge on any atom is -0.508 e. The van der Waals surface area contributed by atoms with Gasteiger partial charge in [0.05, 0.1) is 0 Å². The van der Waals surface area contributed by atoms with Gasteiger partial charge in [0.2, 0.25) is 0 Å². The SMILES string of the molecule is CC(C)(C)c1c(O)cc(CC(C)(C)c2cc(O)ccc2Cl)cc1F. The van der Waals surface area contributed by atoms with Crippen LogP contribution in [0.4, 0.5) is 4.39 Å². The Morgan fingerprint density at radius 3 is 2.17 bits per heavy atom. The minimum atomic E-state index is -0.475. The summed E-state index contributed by atoms with van der Waals surface area (Å²) in [6.45, 7) is 9.53. The summed E-state index contributed by atoms with van der Waals surface area (Å²) in [5, 5.41) is 20.5. The second kappa shape index (κ2) is 6.29. The quantitative estimate of drug-likeness (QED) is 0.744. The van der Waals surface area contributed by atoms with E-state index in [0.717, 1.165) is 5.56 Å². The van der Waals surface area contributed by atoms with Gasteiger partial charge in [0, 0.05) is 10.6 Å². The maximum Gasteiger partial charge on any atom is 0.130 e. The fraction of sp³-hybridized carbons (Fsp3) is 0.400. The number of hydrogen-bond donors (Lipinski definition) is 2. The predicted octanol–water partition coefficient (Wildman–Crippen LogP) is 5.71. The zero-order valence-electron chi connectivity index (χ0n) is 14.7. The number of phenols is 2. The Hall–Kier alpha value is -1.74. The molecule has 0 saturated heterocycles. The fourth-order valence-corrected chi connectivity index (χ4v) is 3.50. The summed E-state index contributed by atoms with van der Waals surface area (Å²) < 4.78 is 14.5. The summed E-state index contributed by atoms with van der Waals surface area (Å²) in [7, 11) is 0. The first-order chi connectivity index (χ1) is 10.9. The smallest absolute Gasteiger partial charge is 0.130 e. The lowest BCUT2D eigenvalue weighted by Gasteiger charge is -2.28. The Morgan fingerprint density at radius 1 is 1.00 bits per heavy atom. The molecule has 0 fully saturated rings. The van der Waals surface area contributed by atoms with E-state index in [1.54, 1.807) is 18.2 Å². The molecule has 2 nitrogen and oxygen atoms in total. The molecule has 2 rings (SSSR count). The van der Waals surface area contributed by atoms with Gasteiger partial charge in [-0.15, -0.1) is 0 Å². The highest BCUT2D eigenvalue weighted by atomic mass is 35.5. The Balaban J connectivity index is 2.42. The van der Waals surface area contributed by atoms with Crippen molar-refractivity contribution in [2.24, 2.45) is 0 Å². The molecule has 0 amide bonds. The van der Waals surface area contributed by atoms with E-state index in [0.29, 0.717) is 22.6 Å². The molecule has 2 aromatic rings. The third-order valence-electron chi connectivity index (χ3n) is 4.20. The van der Waals surface area contributed by atoms with Crippen LogP contribution in [0.1, 0.15) is 51.3 Å². The predicted molar refractivity (Wildman–Crippen MR) is 96.6 cm³/mol. The normalized spacial score (nSPS) is 12.5. The topological polar surface area (TPSA) is 40.5 Å². The van der Waals surface area contributed by atoms with Crippen LogP contribution in [-0.4, -0.2) is 10.2 Å². The maximum absolute atomic E-state index is 14.5. The van der Waals surface area contributed by atoms with Crippen LogP contribution in [-0.2, 0) is 17.3 Å². The van der Waals surface area contributed by atoms with Crippen molar-refractivity contribution in [1.29, 1.82) is 0 Å². The summed E-state index contributed by atoms with van der Waals surface area (Å²) in [6.07, 6.45) is 0.477. The van der Waals surface area contributed by atoms with Crippen molar-refractivity contribution in [2.75, 3.05) is 0 Å². The molecular formula is C20H24ClFO2. The number of benzene rings is 2. The molecule has 0 radical (unpaired) electrons. The van der Waals surface area contributed by atoms with Crippen LogP contribution in [0.25, 0.3) is 0 Å². The minimum absolute atomic E-state index is 0.0321. The van der Waals surface area contributed by atoms with E-state index in [9.17, 15) is 14.6 Å². The van der Waals surface area contributed by atoms with Gasteiger partial charge >= 0.3 is 0 Å². The van der Waals surface area contributed by atoms with Crippen LogP contribution >= 0.6 is 11.6 Å². The third kappa shape index (κ3) is 3.84. The van der Waals surface area contributed by atoms with Crippen LogP contribution in [0.2, 0.25) is 5.02 Å². The van der Waals surface area contributed by atoms with Gasteiger partial charge in [0.25, 0.3) is 0 Å². The monoisotopic (exact) mass is 350 g/mol. The molecule has 0 heterocycles. The lowest BCUT2D eigenvalue weighted by Crippen LogP contribution is -2.22. The van der Waals surface area contributed by atoms with Crippen molar-refractivity contribution >= 4 is 11.6 Å². The molecule has 0 aliphatic heterocycles. The molecular weight excluding hydrogens is 327 g/mol. The van der Waals surface area contributed by atoms with E-state index in [1.807, 2.05) is 34.6 Å². The van der Waals surface area contributed by atoms with E-state index < -0.39 is 16.6 Å². The molecule has 0 aromatic heterocycles. The highest BCUT2D eigenvalue weighted by molar-refractivity contribution is 6.31. The Labute approximate surface area is 147 Å². The Bertz CT molecular complexity index is 738. The molecule has 130 valence electrons. The number of hydrogen-bond acceptors (Lipinski definition) is 2. The van der Waals surface area contributed by atoms with Crippen molar-refractivity contribution in [3.63, 3.8) is 0 Å². The van der Waals surface area contributed by atoms with Crippen molar-refractivity contribution in [2.45, 2.75) is 51.9 Å². The molecule has 0 aliphatic rings. The largest absolute Gasteiger partial charge is 0.508 e. The third-order valence-corrected chi connectivity index (χ3v) is 4.53. The van der Waals surface area contributed by atoms with Gasteiger partial charge in [-0.2, -0.15) is 0 Å². The maximum atomic E-state index is 14.5. The molecule has 0 aliphatic carbocycles. The molecule has 2 aromatic carbocycles. The zero-order valence-corrected chi connectivity index (χ0v) is 15.5. The van der Waals surface area contributed by atoms with E-state index in [-0.39, 0.29) is 11.5 Å². The van der Waals surface area contributed by atoms with Crippen LogP contribution in [0, 0.1) is 5.82 Å². The second-order valence-electron chi connectivity index (χ2n) is 7.95. The van der Waals surface area contributed by atoms with E-state index >= 15 is 0 Å². The van der Waals surface area contributed by atoms with Crippen LogP contribution in [0.3, 0.4) is 0 Å². The average molecular weight is 351 g/mol. The molecule has 24 heavy (non-hydrogen) atoms. The van der Waals surface area contributed by atoms with E-state index in [2.05, 4.69) is 0 Å². The van der Waals surface area contributed by atoms with Gasteiger partial charge in [-0.05, 0) is 58.7 Å². The van der Waals surface area contributed by atoms with Crippen LogP contribution in [0.15, 0.2) is 30.3 Å². The van der Waals surface area contributed by atoms with Crippen molar-refractivity contribution < 1.29 is 14.6 Å². The van der Waals surface area contributed by atoms with Crippen LogP contribution < -0.4 is 0 Å². The van der Waals surface area contributed by atoms with Crippen molar-refractivity contribution in [3.05, 3.63) is 57.9 Å². The van der Waals surface area contributed by atoms with E-state index in [4.69, 9.17) is 11.6 Å². The first-order valence-corrected chi connectivity index (χ1v) is 8.30. The van der Waals surface area contributed by atoms with Crippen molar-refractivity contribution in [1.82, 2.24) is 0 Å². The summed E-state index contributed by atoms with van der Waals surface area (Å²) in [6, 6.07) is 7.89. The van der Waals surface area contributed by atoms with E-state index in [1.165, 1.54) is 12.1 Å². The molecule has 0 saturated carbocycles. The number of aromatic hydroxyl groups is 2. The highest BCUT2D eigenvalue weighted by Gasteiger charge is 2.27. The van der Waals surface area contributed by atoms with Crippen molar-refractivity contribution in [3.8, 4) is 11.5 Å². The van der Waals surface area contributed by atoms with Gasteiger partial charge in [-0.1, -0.05) is 46.2 Å². The molecule has 0 bridgehead atoms. The number of halogens is 2. The lowest BCUT2D eigenvalue weighted by molar-refractivity contribution is 0.425. The number of phenolic OH excluding ortho intramolecular Hbond substituents is 2. The highest BCUT2D eigenvalue weighted by Crippen LogP contribution is 2.38. The average Bonchev–Trinajstić information content (AvgIpc) is 2.38. The molecule has 0 spiro atoms. The van der Waals surface area contributed by atoms with Gasteiger partial charge in [-0.3, -0.25) is 0 Å². The second-order valence-corrected chi connectivity index (χ2v) is 8.35. The summed E-state index contributed by atoms with van der Waals surface area (Å²) in [5.74, 6) is -0.301. The first-order valence-electron chi connectivity index (χ1n) is 7.93. The number of rotatable bonds is 3. The molecule has 4 heteroatoms.